The maximum absolute atomic E-state index is 10.7. The number of hydrogen-bond acceptors (Lipinski definition) is 5. The Morgan fingerprint density at radius 3 is 1.92 bits per heavy atom. The molecule has 132 valence electrons. The summed E-state index contributed by atoms with van der Waals surface area (Å²) < 4.78 is 9.35. The second-order valence-corrected chi connectivity index (χ2v) is 5.66. The molecular formula is C20H22O5. The van der Waals surface area contributed by atoms with Crippen LogP contribution in [0.25, 0.3) is 0 Å². The maximum Gasteiger partial charge on any atom is 0.333 e. The standard InChI is InChI=1S/C13H12O2.C7H10O3/c14-13(15,11-7-3-1-4-8-11)12-9-5-2-6-10-12;1-5(7(8)9-2)3-6-4-10-6/h1-10,14-15H;6H,1,3-4H2,2H3. The molecule has 1 fully saturated rings. The SMILES string of the molecule is C=C(CC1CO1)C(=O)OC.OC(O)(c1ccccc1)c1ccccc1. The molecule has 1 unspecified atom stereocenters. The van der Waals surface area contributed by atoms with Crippen molar-refractivity contribution in [2.45, 2.75) is 18.3 Å². The van der Waals surface area contributed by atoms with E-state index in [2.05, 4.69) is 11.3 Å². The Morgan fingerprint density at radius 2 is 1.56 bits per heavy atom. The summed E-state index contributed by atoms with van der Waals surface area (Å²) in [5.41, 5.74) is 1.43. The van der Waals surface area contributed by atoms with Gasteiger partial charge in [0.2, 0.25) is 5.79 Å². The van der Waals surface area contributed by atoms with E-state index >= 15 is 0 Å². The maximum atomic E-state index is 10.7. The molecule has 1 aliphatic heterocycles. The Hall–Kier alpha value is -2.47. The fraction of sp³-hybridized carbons (Fsp3) is 0.250. The minimum absolute atomic E-state index is 0.214. The number of benzene rings is 2. The Morgan fingerprint density at radius 1 is 1.12 bits per heavy atom. The molecule has 0 spiro atoms. The van der Waals surface area contributed by atoms with Gasteiger partial charge in [-0.1, -0.05) is 67.2 Å². The summed E-state index contributed by atoms with van der Waals surface area (Å²) in [6.45, 7) is 4.30. The number of methoxy groups -OCH3 is 1. The number of aliphatic hydroxyl groups is 2. The van der Waals surface area contributed by atoms with E-state index in [0.717, 1.165) is 6.61 Å². The summed E-state index contributed by atoms with van der Waals surface area (Å²) in [7, 11) is 1.35. The number of carbonyl (C=O) groups is 1. The Labute approximate surface area is 147 Å². The van der Waals surface area contributed by atoms with Crippen LogP contribution in [-0.4, -0.2) is 36.0 Å². The van der Waals surface area contributed by atoms with E-state index in [1.165, 1.54) is 7.11 Å². The summed E-state index contributed by atoms with van der Waals surface area (Å²) >= 11 is 0. The van der Waals surface area contributed by atoms with Crippen LogP contribution in [0, 0.1) is 0 Å². The molecule has 1 saturated heterocycles. The molecule has 5 heteroatoms. The van der Waals surface area contributed by atoms with Crippen LogP contribution >= 0.6 is 0 Å². The topological polar surface area (TPSA) is 79.3 Å². The minimum atomic E-state index is -1.91. The molecule has 25 heavy (non-hydrogen) atoms. The summed E-state index contributed by atoms with van der Waals surface area (Å²) in [5, 5.41) is 20.0. The van der Waals surface area contributed by atoms with E-state index < -0.39 is 5.79 Å². The van der Waals surface area contributed by atoms with Crippen molar-refractivity contribution in [2.24, 2.45) is 0 Å². The summed E-state index contributed by atoms with van der Waals surface area (Å²) in [4.78, 5) is 10.7. The normalized spacial score (nSPS) is 15.6. The zero-order valence-corrected chi connectivity index (χ0v) is 14.1. The van der Waals surface area contributed by atoms with Gasteiger partial charge in [0, 0.05) is 23.1 Å². The highest BCUT2D eigenvalue weighted by atomic mass is 16.6. The molecule has 1 atom stereocenters. The second-order valence-electron chi connectivity index (χ2n) is 5.66. The minimum Gasteiger partial charge on any atom is -0.466 e. The van der Waals surface area contributed by atoms with E-state index in [1.54, 1.807) is 48.5 Å². The van der Waals surface area contributed by atoms with Gasteiger partial charge in [0.05, 0.1) is 19.8 Å². The lowest BCUT2D eigenvalue weighted by molar-refractivity contribution is -0.136. The highest BCUT2D eigenvalue weighted by Crippen LogP contribution is 2.25. The molecule has 0 saturated carbocycles. The van der Waals surface area contributed by atoms with E-state index in [0.29, 0.717) is 23.1 Å². The molecular weight excluding hydrogens is 320 g/mol. The number of hydrogen-bond donors (Lipinski definition) is 2. The molecule has 0 aliphatic carbocycles. The summed E-state index contributed by atoms with van der Waals surface area (Å²) in [6, 6.07) is 17.5. The predicted molar refractivity (Wildman–Crippen MR) is 93.6 cm³/mol. The largest absolute Gasteiger partial charge is 0.466 e. The number of carbonyl (C=O) groups excluding carboxylic acids is 1. The van der Waals surface area contributed by atoms with E-state index in [1.807, 2.05) is 12.1 Å². The van der Waals surface area contributed by atoms with Crippen LogP contribution < -0.4 is 0 Å². The number of epoxide rings is 1. The van der Waals surface area contributed by atoms with E-state index in [9.17, 15) is 15.0 Å². The first-order valence-corrected chi connectivity index (χ1v) is 7.88. The van der Waals surface area contributed by atoms with Gasteiger partial charge in [0.1, 0.15) is 0 Å². The summed E-state index contributed by atoms with van der Waals surface area (Å²) in [6.07, 6.45) is 0.818. The van der Waals surface area contributed by atoms with Gasteiger partial charge in [-0.25, -0.2) is 4.79 Å². The number of esters is 1. The van der Waals surface area contributed by atoms with Crippen LogP contribution in [0.2, 0.25) is 0 Å². The highest BCUT2D eigenvalue weighted by Gasteiger charge is 2.27. The van der Waals surface area contributed by atoms with E-state index in [-0.39, 0.29) is 12.1 Å². The number of rotatable bonds is 5. The molecule has 5 nitrogen and oxygen atoms in total. The molecule has 2 aromatic carbocycles. The van der Waals surface area contributed by atoms with Crippen LogP contribution in [0.4, 0.5) is 0 Å². The first-order chi connectivity index (χ1) is 11.9. The molecule has 1 heterocycles. The third-order valence-corrected chi connectivity index (χ3v) is 3.70. The van der Waals surface area contributed by atoms with Crippen molar-refractivity contribution in [3.63, 3.8) is 0 Å². The van der Waals surface area contributed by atoms with Gasteiger partial charge in [0.25, 0.3) is 0 Å². The molecule has 0 radical (unpaired) electrons. The van der Waals surface area contributed by atoms with Crippen molar-refractivity contribution < 1.29 is 24.5 Å². The third kappa shape index (κ3) is 5.53. The van der Waals surface area contributed by atoms with Crippen LogP contribution in [0.1, 0.15) is 17.5 Å². The first-order valence-electron chi connectivity index (χ1n) is 7.88. The van der Waals surface area contributed by atoms with Crippen LogP contribution in [-0.2, 0) is 20.1 Å². The van der Waals surface area contributed by atoms with Crippen molar-refractivity contribution in [3.05, 3.63) is 83.9 Å². The smallest absolute Gasteiger partial charge is 0.333 e. The van der Waals surface area contributed by atoms with Crippen molar-refractivity contribution in [3.8, 4) is 0 Å². The average Bonchev–Trinajstić information content (AvgIpc) is 3.47. The van der Waals surface area contributed by atoms with Crippen molar-refractivity contribution in [1.29, 1.82) is 0 Å². The monoisotopic (exact) mass is 342 g/mol. The van der Waals surface area contributed by atoms with Gasteiger partial charge >= 0.3 is 5.97 Å². The highest BCUT2D eigenvalue weighted by molar-refractivity contribution is 5.87. The van der Waals surface area contributed by atoms with Gasteiger partial charge < -0.3 is 19.7 Å². The lowest BCUT2D eigenvalue weighted by atomic mass is 9.98. The van der Waals surface area contributed by atoms with Crippen molar-refractivity contribution in [1.82, 2.24) is 0 Å². The Bertz CT molecular complexity index is 649. The van der Waals surface area contributed by atoms with Crippen LogP contribution in [0.3, 0.4) is 0 Å². The fourth-order valence-corrected chi connectivity index (χ4v) is 2.20. The number of ether oxygens (including phenoxy) is 2. The zero-order chi connectivity index (χ0) is 18.3. The molecule has 0 aromatic heterocycles. The second kappa shape index (κ2) is 8.58. The zero-order valence-electron chi connectivity index (χ0n) is 14.1. The van der Waals surface area contributed by atoms with Crippen LogP contribution in [0.5, 0.6) is 0 Å². The van der Waals surface area contributed by atoms with E-state index in [4.69, 9.17) is 4.74 Å². The van der Waals surface area contributed by atoms with Crippen molar-refractivity contribution in [2.75, 3.05) is 13.7 Å². The van der Waals surface area contributed by atoms with Gasteiger partial charge in [0.15, 0.2) is 0 Å². The summed E-state index contributed by atoms with van der Waals surface area (Å²) in [5.74, 6) is -2.25. The lowest BCUT2D eigenvalue weighted by Gasteiger charge is -2.22. The molecule has 0 amide bonds. The lowest BCUT2D eigenvalue weighted by Crippen LogP contribution is -2.26. The van der Waals surface area contributed by atoms with Gasteiger partial charge in [-0.3, -0.25) is 0 Å². The van der Waals surface area contributed by atoms with Gasteiger partial charge in [-0.2, -0.15) is 0 Å². The molecule has 2 N–H and O–H groups in total. The first kappa shape index (κ1) is 18.9. The molecule has 0 bridgehead atoms. The Balaban J connectivity index is 0.000000196. The quantitative estimate of drug-likeness (QED) is 0.377. The molecule has 1 aliphatic rings. The third-order valence-electron chi connectivity index (χ3n) is 3.70. The van der Waals surface area contributed by atoms with Gasteiger partial charge in [-0.15, -0.1) is 0 Å². The van der Waals surface area contributed by atoms with Crippen molar-refractivity contribution >= 4 is 5.97 Å². The van der Waals surface area contributed by atoms with Gasteiger partial charge in [-0.05, 0) is 0 Å². The fourth-order valence-electron chi connectivity index (χ4n) is 2.20. The Kier molecular flexibility index (Phi) is 6.47. The molecule has 3 rings (SSSR count). The molecule has 2 aromatic rings. The van der Waals surface area contributed by atoms with Crippen LogP contribution in [0.15, 0.2) is 72.8 Å². The average molecular weight is 342 g/mol. The predicted octanol–water partition coefficient (Wildman–Crippen LogP) is 2.38.